The second kappa shape index (κ2) is 7.78. The first-order chi connectivity index (χ1) is 12.1. The third-order valence-corrected chi connectivity index (χ3v) is 5.03. The maximum atomic E-state index is 14.0. The van der Waals surface area contributed by atoms with Crippen LogP contribution in [0.1, 0.15) is 35.3 Å². The standard InChI is InChI=1S/C19H25FN4O/c1-14-16(13-22-24(14)18-6-4-3-5-17(18)20)19(25)23-11-8-15(9-12-23)7-10-21-2/h3-6,13,15,21H,7-12H2,1-2H3. The van der Waals surface area contributed by atoms with Crippen molar-refractivity contribution in [2.24, 2.45) is 5.92 Å². The zero-order valence-corrected chi connectivity index (χ0v) is 14.8. The highest BCUT2D eigenvalue weighted by Crippen LogP contribution is 2.23. The number of hydrogen-bond donors (Lipinski definition) is 1. The average molecular weight is 344 g/mol. The molecule has 1 aliphatic rings. The monoisotopic (exact) mass is 344 g/mol. The first-order valence-electron chi connectivity index (χ1n) is 8.85. The number of piperidine rings is 1. The predicted octanol–water partition coefficient (Wildman–Crippen LogP) is 2.78. The molecule has 0 atom stereocenters. The Morgan fingerprint density at radius 2 is 2.04 bits per heavy atom. The number of carbonyl (C=O) groups excluding carboxylic acids is 1. The van der Waals surface area contributed by atoms with Crippen LogP contribution in [-0.2, 0) is 0 Å². The van der Waals surface area contributed by atoms with Gasteiger partial charge in [0.15, 0.2) is 0 Å². The lowest BCUT2D eigenvalue weighted by Gasteiger charge is -2.32. The zero-order chi connectivity index (χ0) is 17.8. The van der Waals surface area contributed by atoms with Gasteiger partial charge in [0.2, 0.25) is 0 Å². The molecule has 1 aliphatic heterocycles. The lowest BCUT2D eigenvalue weighted by Crippen LogP contribution is -2.39. The molecule has 3 rings (SSSR count). The highest BCUT2D eigenvalue weighted by atomic mass is 19.1. The third-order valence-electron chi connectivity index (χ3n) is 5.03. The largest absolute Gasteiger partial charge is 0.339 e. The van der Waals surface area contributed by atoms with Crippen LogP contribution in [0.25, 0.3) is 5.69 Å². The summed E-state index contributed by atoms with van der Waals surface area (Å²) in [6.07, 6.45) is 4.78. The smallest absolute Gasteiger partial charge is 0.257 e. The molecular weight excluding hydrogens is 319 g/mol. The van der Waals surface area contributed by atoms with Crippen LogP contribution in [0.5, 0.6) is 0 Å². The number of likely N-dealkylation sites (tertiary alicyclic amines) is 1. The van der Waals surface area contributed by atoms with Crippen molar-refractivity contribution in [1.82, 2.24) is 20.0 Å². The van der Waals surface area contributed by atoms with Gasteiger partial charge in [-0.2, -0.15) is 5.10 Å². The summed E-state index contributed by atoms with van der Waals surface area (Å²) in [5, 5.41) is 7.42. The maximum Gasteiger partial charge on any atom is 0.257 e. The molecule has 0 unspecified atom stereocenters. The number of nitrogens with zero attached hydrogens (tertiary/aromatic N) is 3. The van der Waals surface area contributed by atoms with E-state index < -0.39 is 0 Å². The van der Waals surface area contributed by atoms with E-state index in [0.29, 0.717) is 22.9 Å². The molecule has 6 heteroatoms. The molecule has 0 radical (unpaired) electrons. The fourth-order valence-corrected chi connectivity index (χ4v) is 3.43. The van der Waals surface area contributed by atoms with Crippen LogP contribution >= 0.6 is 0 Å². The number of halogens is 1. The Labute approximate surface area is 147 Å². The SMILES string of the molecule is CNCCC1CCN(C(=O)c2cnn(-c3ccccc3F)c2C)CC1. The van der Waals surface area contributed by atoms with Gasteiger partial charge >= 0.3 is 0 Å². The van der Waals surface area contributed by atoms with Crippen molar-refractivity contribution < 1.29 is 9.18 Å². The van der Waals surface area contributed by atoms with Crippen molar-refractivity contribution in [2.75, 3.05) is 26.7 Å². The van der Waals surface area contributed by atoms with Gasteiger partial charge in [-0.15, -0.1) is 0 Å². The Morgan fingerprint density at radius 3 is 2.72 bits per heavy atom. The minimum absolute atomic E-state index is 0.00726. The molecule has 1 amide bonds. The Kier molecular flexibility index (Phi) is 5.48. The van der Waals surface area contributed by atoms with Crippen LogP contribution in [-0.4, -0.2) is 47.3 Å². The fraction of sp³-hybridized carbons (Fsp3) is 0.474. The van der Waals surface area contributed by atoms with Gasteiger partial charge < -0.3 is 10.2 Å². The Balaban J connectivity index is 1.71. The van der Waals surface area contributed by atoms with E-state index in [0.717, 1.165) is 38.9 Å². The molecule has 0 bridgehead atoms. The van der Waals surface area contributed by atoms with Crippen LogP contribution in [0.3, 0.4) is 0 Å². The van der Waals surface area contributed by atoms with E-state index in [1.165, 1.54) is 10.7 Å². The number of amides is 1. The van der Waals surface area contributed by atoms with Gasteiger partial charge in [0.05, 0.1) is 17.5 Å². The van der Waals surface area contributed by atoms with Gasteiger partial charge in [-0.3, -0.25) is 4.79 Å². The van der Waals surface area contributed by atoms with Gasteiger partial charge in [0.1, 0.15) is 11.5 Å². The van der Waals surface area contributed by atoms with Crippen molar-refractivity contribution in [2.45, 2.75) is 26.2 Å². The van der Waals surface area contributed by atoms with Crippen molar-refractivity contribution in [1.29, 1.82) is 0 Å². The second-order valence-electron chi connectivity index (χ2n) is 6.63. The van der Waals surface area contributed by atoms with Crippen molar-refractivity contribution in [3.63, 3.8) is 0 Å². The van der Waals surface area contributed by atoms with Crippen LogP contribution in [0, 0.1) is 18.7 Å². The molecule has 2 heterocycles. The Hall–Kier alpha value is -2.21. The average Bonchev–Trinajstić information content (AvgIpc) is 3.01. The minimum atomic E-state index is -0.349. The molecule has 0 aliphatic carbocycles. The molecular formula is C19H25FN4O. The van der Waals surface area contributed by atoms with Gasteiger partial charge in [-0.05, 0) is 57.8 Å². The molecule has 1 N–H and O–H groups in total. The summed E-state index contributed by atoms with van der Waals surface area (Å²) in [6.45, 7) is 4.38. The van der Waals surface area contributed by atoms with Crippen LogP contribution in [0.2, 0.25) is 0 Å². The van der Waals surface area contributed by atoms with E-state index in [-0.39, 0.29) is 11.7 Å². The number of aromatic nitrogens is 2. The maximum absolute atomic E-state index is 14.0. The molecule has 134 valence electrons. The van der Waals surface area contributed by atoms with E-state index in [4.69, 9.17) is 0 Å². The minimum Gasteiger partial charge on any atom is -0.339 e. The van der Waals surface area contributed by atoms with E-state index in [1.807, 2.05) is 18.9 Å². The highest BCUT2D eigenvalue weighted by Gasteiger charge is 2.26. The molecule has 25 heavy (non-hydrogen) atoms. The summed E-state index contributed by atoms with van der Waals surface area (Å²) >= 11 is 0. The summed E-state index contributed by atoms with van der Waals surface area (Å²) in [5.74, 6) is 0.323. The summed E-state index contributed by atoms with van der Waals surface area (Å²) < 4.78 is 15.5. The van der Waals surface area contributed by atoms with Crippen molar-refractivity contribution in [3.05, 3.63) is 47.5 Å². The zero-order valence-electron chi connectivity index (χ0n) is 14.8. The van der Waals surface area contributed by atoms with Gasteiger partial charge in [-0.1, -0.05) is 12.1 Å². The summed E-state index contributed by atoms with van der Waals surface area (Å²) in [6, 6.07) is 6.46. The number of para-hydroxylation sites is 1. The van der Waals surface area contributed by atoms with E-state index in [2.05, 4.69) is 10.4 Å². The lowest BCUT2D eigenvalue weighted by molar-refractivity contribution is 0.0686. The molecule has 2 aromatic rings. The third kappa shape index (κ3) is 3.74. The number of rotatable bonds is 5. The number of benzene rings is 1. The van der Waals surface area contributed by atoms with Crippen molar-refractivity contribution >= 4 is 5.91 Å². The molecule has 0 spiro atoms. The van der Waals surface area contributed by atoms with Crippen LogP contribution in [0.15, 0.2) is 30.5 Å². The first-order valence-corrected chi connectivity index (χ1v) is 8.85. The van der Waals surface area contributed by atoms with Crippen LogP contribution < -0.4 is 5.32 Å². The number of nitrogens with one attached hydrogen (secondary N) is 1. The highest BCUT2D eigenvalue weighted by molar-refractivity contribution is 5.95. The topological polar surface area (TPSA) is 50.2 Å². The number of hydrogen-bond acceptors (Lipinski definition) is 3. The van der Waals surface area contributed by atoms with Crippen LogP contribution in [0.4, 0.5) is 4.39 Å². The predicted molar refractivity (Wildman–Crippen MR) is 95.4 cm³/mol. The molecule has 1 aromatic carbocycles. The molecule has 1 fully saturated rings. The summed E-state index contributed by atoms with van der Waals surface area (Å²) in [5.41, 5.74) is 1.59. The summed E-state index contributed by atoms with van der Waals surface area (Å²) in [7, 11) is 1.97. The van der Waals surface area contributed by atoms with Gasteiger partial charge in [0, 0.05) is 13.1 Å². The quantitative estimate of drug-likeness (QED) is 0.907. The normalized spacial score (nSPS) is 15.6. The number of carbonyl (C=O) groups is 1. The van der Waals surface area contributed by atoms with Crippen molar-refractivity contribution in [3.8, 4) is 5.69 Å². The second-order valence-corrected chi connectivity index (χ2v) is 6.63. The molecule has 1 aromatic heterocycles. The van der Waals surface area contributed by atoms with Gasteiger partial charge in [-0.25, -0.2) is 9.07 Å². The van der Waals surface area contributed by atoms with E-state index >= 15 is 0 Å². The molecule has 0 saturated carbocycles. The Bertz CT molecular complexity index is 735. The Morgan fingerprint density at radius 1 is 1.32 bits per heavy atom. The van der Waals surface area contributed by atoms with E-state index in [1.54, 1.807) is 24.4 Å². The van der Waals surface area contributed by atoms with E-state index in [9.17, 15) is 9.18 Å². The fourth-order valence-electron chi connectivity index (χ4n) is 3.43. The lowest BCUT2D eigenvalue weighted by atomic mass is 9.93. The molecule has 5 nitrogen and oxygen atoms in total. The summed E-state index contributed by atoms with van der Waals surface area (Å²) in [4.78, 5) is 14.7. The molecule has 1 saturated heterocycles. The van der Waals surface area contributed by atoms with Gasteiger partial charge in [0.25, 0.3) is 5.91 Å². The first kappa shape index (κ1) is 17.6.